The summed E-state index contributed by atoms with van der Waals surface area (Å²) in [7, 11) is 0. The molecule has 0 spiro atoms. The lowest BCUT2D eigenvalue weighted by atomic mass is 9.86. The molecule has 3 unspecified atom stereocenters. The van der Waals surface area contributed by atoms with E-state index in [2.05, 4.69) is 24.1 Å². The summed E-state index contributed by atoms with van der Waals surface area (Å²) in [4.78, 5) is 16.2. The van der Waals surface area contributed by atoms with E-state index in [0.29, 0.717) is 12.5 Å². The molecule has 1 heterocycles. The molecule has 4 heteroatoms. The van der Waals surface area contributed by atoms with Crippen molar-refractivity contribution in [3.63, 3.8) is 0 Å². The number of hydrogen-bond donors (Lipinski definition) is 1. The lowest BCUT2D eigenvalue weighted by Gasteiger charge is -2.27. The Bertz CT molecular complexity index is 466. The fourth-order valence-electron chi connectivity index (χ4n) is 3.96. The van der Waals surface area contributed by atoms with Crippen LogP contribution in [0, 0.1) is 17.8 Å². The highest BCUT2D eigenvalue weighted by Gasteiger charge is 2.40. The summed E-state index contributed by atoms with van der Waals surface area (Å²) in [5.74, 6) is 2.61. The van der Waals surface area contributed by atoms with Crippen LogP contribution >= 0.6 is 0 Å². The van der Waals surface area contributed by atoms with Gasteiger partial charge in [-0.05, 0) is 50.9 Å². The summed E-state index contributed by atoms with van der Waals surface area (Å²) >= 11 is 0. The van der Waals surface area contributed by atoms with E-state index in [-0.39, 0.29) is 11.4 Å². The minimum Gasteiger partial charge on any atom is -0.354 e. The number of nitrogens with zero attached hydrogens (tertiary/aromatic N) is 2. The summed E-state index contributed by atoms with van der Waals surface area (Å²) in [6.45, 7) is 4.89. The van der Waals surface area contributed by atoms with Gasteiger partial charge in [0.1, 0.15) is 0 Å². The van der Waals surface area contributed by atoms with Crippen LogP contribution in [0.25, 0.3) is 0 Å². The predicted molar refractivity (Wildman–Crippen MR) is 78.1 cm³/mol. The van der Waals surface area contributed by atoms with Gasteiger partial charge in [0, 0.05) is 25.4 Å². The van der Waals surface area contributed by atoms with Crippen molar-refractivity contribution in [2.24, 2.45) is 17.8 Å². The van der Waals surface area contributed by atoms with Crippen LogP contribution in [0.4, 0.5) is 0 Å². The molecule has 1 aromatic heterocycles. The van der Waals surface area contributed by atoms with E-state index in [1.165, 1.54) is 25.7 Å². The van der Waals surface area contributed by atoms with Crippen molar-refractivity contribution in [1.29, 1.82) is 0 Å². The second kappa shape index (κ2) is 5.23. The molecule has 20 heavy (non-hydrogen) atoms. The largest absolute Gasteiger partial charge is 0.354 e. The fraction of sp³-hybridized carbons (Fsp3) is 0.750. The highest BCUT2D eigenvalue weighted by atomic mass is 16.1. The zero-order chi connectivity index (χ0) is 14.2. The lowest BCUT2D eigenvalue weighted by molar-refractivity contribution is -0.122. The van der Waals surface area contributed by atoms with Crippen LogP contribution in [-0.4, -0.2) is 22.0 Å². The van der Waals surface area contributed by atoms with Crippen molar-refractivity contribution in [2.75, 3.05) is 6.54 Å². The number of aromatic nitrogens is 2. The van der Waals surface area contributed by atoms with Crippen molar-refractivity contribution in [3.05, 3.63) is 18.7 Å². The zero-order valence-corrected chi connectivity index (χ0v) is 12.5. The maximum atomic E-state index is 12.2. The number of hydrogen-bond acceptors (Lipinski definition) is 2. The molecule has 0 aromatic carbocycles. The number of imidazole rings is 1. The molecule has 2 fully saturated rings. The molecule has 3 atom stereocenters. The smallest absolute Gasteiger partial charge is 0.220 e. The molecule has 110 valence electrons. The third kappa shape index (κ3) is 2.74. The first-order chi connectivity index (χ1) is 9.54. The minimum absolute atomic E-state index is 0.124. The summed E-state index contributed by atoms with van der Waals surface area (Å²) in [6.07, 6.45) is 11.7. The SMILES string of the molecule is CC(C)(CNC(=O)CC1CC2CCC1C2)n1ccnc1. The molecule has 0 radical (unpaired) electrons. The molecular weight excluding hydrogens is 250 g/mol. The first-order valence-corrected chi connectivity index (χ1v) is 7.80. The maximum Gasteiger partial charge on any atom is 0.220 e. The van der Waals surface area contributed by atoms with E-state index >= 15 is 0 Å². The summed E-state index contributed by atoms with van der Waals surface area (Å²) in [6, 6.07) is 0. The molecule has 3 rings (SSSR count). The van der Waals surface area contributed by atoms with Gasteiger partial charge >= 0.3 is 0 Å². The molecular formula is C16H25N3O. The number of nitrogens with one attached hydrogen (secondary N) is 1. The van der Waals surface area contributed by atoms with Crippen LogP contribution < -0.4 is 5.32 Å². The Balaban J connectivity index is 1.47. The molecule has 0 aliphatic heterocycles. The van der Waals surface area contributed by atoms with Crippen LogP contribution in [0.1, 0.15) is 46.0 Å². The van der Waals surface area contributed by atoms with Gasteiger partial charge in [0.05, 0.1) is 11.9 Å². The Hall–Kier alpha value is -1.32. The average Bonchev–Trinajstić information content (AvgIpc) is 3.13. The first kappa shape index (κ1) is 13.7. The Morgan fingerprint density at radius 3 is 2.85 bits per heavy atom. The quantitative estimate of drug-likeness (QED) is 0.897. The molecule has 4 nitrogen and oxygen atoms in total. The summed E-state index contributed by atoms with van der Waals surface area (Å²) < 4.78 is 2.05. The number of carbonyl (C=O) groups excluding carboxylic acids is 1. The van der Waals surface area contributed by atoms with Crippen molar-refractivity contribution in [1.82, 2.24) is 14.9 Å². The molecule has 2 aliphatic rings. The molecule has 0 saturated heterocycles. The molecule has 2 aliphatic carbocycles. The Kier molecular flexibility index (Phi) is 3.57. The number of amides is 1. The van der Waals surface area contributed by atoms with Gasteiger partial charge in [-0.15, -0.1) is 0 Å². The van der Waals surface area contributed by atoms with Gasteiger partial charge in [0.2, 0.25) is 5.91 Å². The molecule has 2 bridgehead atoms. The van der Waals surface area contributed by atoms with Gasteiger partial charge in [-0.1, -0.05) is 6.42 Å². The van der Waals surface area contributed by atoms with Crippen LogP contribution in [-0.2, 0) is 10.3 Å². The van der Waals surface area contributed by atoms with Gasteiger partial charge in [-0.2, -0.15) is 0 Å². The second-order valence-corrected chi connectivity index (χ2v) is 7.20. The highest BCUT2D eigenvalue weighted by molar-refractivity contribution is 5.76. The lowest BCUT2D eigenvalue weighted by Crippen LogP contribution is -2.41. The highest BCUT2D eigenvalue weighted by Crippen LogP contribution is 2.49. The van der Waals surface area contributed by atoms with Crippen LogP contribution in [0.2, 0.25) is 0 Å². The van der Waals surface area contributed by atoms with E-state index in [0.717, 1.165) is 18.3 Å². The van der Waals surface area contributed by atoms with E-state index < -0.39 is 0 Å². The molecule has 1 N–H and O–H groups in total. The van der Waals surface area contributed by atoms with Crippen molar-refractivity contribution in [2.45, 2.75) is 51.5 Å². The van der Waals surface area contributed by atoms with E-state index in [1.54, 1.807) is 6.20 Å². The molecule has 2 saturated carbocycles. The fourth-order valence-corrected chi connectivity index (χ4v) is 3.96. The normalized spacial score (nSPS) is 28.8. The van der Waals surface area contributed by atoms with Crippen molar-refractivity contribution in [3.8, 4) is 0 Å². The van der Waals surface area contributed by atoms with Gasteiger partial charge in [0.25, 0.3) is 0 Å². The standard InChI is InChI=1S/C16H25N3O/c1-16(2,19-6-5-17-11-19)10-18-15(20)9-14-8-12-3-4-13(14)7-12/h5-6,11-14H,3-4,7-10H2,1-2H3,(H,18,20). The average molecular weight is 275 g/mol. The first-order valence-electron chi connectivity index (χ1n) is 7.80. The van der Waals surface area contributed by atoms with Gasteiger partial charge < -0.3 is 9.88 Å². The topological polar surface area (TPSA) is 46.9 Å². The number of rotatable bonds is 5. The summed E-state index contributed by atoms with van der Waals surface area (Å²) in [5.41, 5.74) is -0.124. The Labute approximate surface area is 121 Å². The third-order valence-corrected chi connectivity index (χ3v) is 5.25. The molecule has 1 aromatic rings. The Morgan fingerprint density at radius 1 is 1.40 bits per heavy atom. The van der Waals surface area contributed by atoms with E-state index in [4.69, 9.17) is 0 Å². The van der Waals surface area contributed by atoms with Crippen molar-refractivity contribution < 1.29 is 4.79 Å². The second-order valence-electron chi connectivity index (χ2n) is 7.20. The third-order valence-electron chi connectivity index (χ3n) is 5.25. The zero-order valence-electron chi connectivity index (χ0n) is 12.5. The molecule has 1 amide bonds. The van der Waals surface area contributed by atoms with Crippen LogP contribution in [0.3, 0.4) is 0 Å². The predicted octanol–water partition coefficient (Wildman–Crippen LogP) is 2.56. The van der Waals surface area contributed by atoms with Gasteiger partial charge in [-0.3, -0.25) is 4.79 Å². The maximum absolute atomic E-state index is 12.2. The minimum atomic E-state index is -0.124. The van der Waals surface area contributed by atoms with Crippen LogP contribution in [0.15, 0.2) is 18.7 Å². The van der Waals surface area contributed by atoms with Crippen molar-refractivity contribution >= 4 is 5.91 Å². The van der Waals surface area contributed by atoms with Gasteiger partial charge in [-0.25, -0.2) is 4.98 Å². The van der Waals surface area contributed by atoms with Crippen LogP contribution in [0.5, 0.6) is 0 Å². The van der Waals surface area contributed by atoms with E-state index in [1.807, 2.05) is 17.1 Å². The summed E-state index contributed by atoms with van der Waals surface area (Å²) in [5, 5.41) is 3.11. The number of carbonyl (C=O) groups is 1. The Morgan fingerprint density at radius 2 is 2.25 bits per heavy atom. The van der Waals surface area contributed by atoms with E-state index in [9.17, 15) is 4.79 Å². The number of fused-ring (bicyclic) bond motifs is 2. The monoisotopic (exact) mass is 275 g/mol. The van der Waals surface area contributed by atoms with Gasteiger partial charge in [0.15, 0.2) is 0 Å².